The predicted octanol–water partition coefficient (Wildman–Crippen LogP) is 12.9. The molecule has 3 aromatic carbocycles. The number of aliphatic hydroxyl groups excluding tert-OH is 3. The van der Waals surface area contributed by atoms with Crippen LogP contribution in [-0.2, 0) is 17.0 Å². The first-order valence-electron chi connectivity index (χ1n) is 37.5. The molecule has 3 saturated carbocycles. The number of fused-ring (bicyclic) bond motifs is 3. The highest BCUT2D eigenvalue weighted by atomic mass is 19.2. The molecule has 9 aromatic rings. The molecular weight excluding hydrogens is 1320 g/mol. The molecule has 11 heterocycles. The number of pyridine rings is 3. The van der Waals surface area contributed by atoms with Crippen LogP contribution in [0.3, 0.4) is 0 Å². The zero-order valence-corrected chi connectivity index (χ0v) is 60.2. The van der Waals surface area contributed by atoms with Crippen molar-refractivity contribution >= 4 is 67.6 Å². The number of methoxy groups -OCH3 is 3. The third-order valence-electron chi connectivity index (χ3n) is 23.2. The molecule has 548 valence electrons. The Bertz CT molecular complexity index is 4320. The lowest BCUT2D eigenvalue weighted by molar-refractivity contribution is 0.0510. The van der Waals surface area contributed by atoms with Gasteiger partial charge in [0.05, 0.1) is 75.3 Å². The lowest BCUT2D eigenvalue weighted by Crippen LogP contribution is -2.36. The molecule has 3 aliphatic carbocycles. The van der Waals surface area contributed by atoms with Crippen molar-refractivity contribution in [1.82, 2.24) is 44.9 Å². The summed E-state index contributed by atoms with van der Waals surface area (Å²) in [4.78, 5) is 55.0. The lowest BCUT2D eigenvalue weighted by Gasteiger charge is -2.36. The summed E-state index contributed by atoms with van der Waals surface area (Å²) in [6, 6.07) is 30.7. The SMILES string of the molecule is COc1ccccc1C1CCN(c2nc(C3(F)CCC3)nc3cnc(N(C)CCO)cc23)CC1.COc1ccccc1C1CCN(c2nc(C3(F)CCC3)nc3cnc(N4CC[C@@H](O)C4)cc23)CC1.COc1ccccc1C1CCN(c2nc(C3(F)CCC3)nc3cnc(N4CC[C@H](O)C4)cc23)CC1. The number of halogens is 3. The maximum Gasteiger partial charge on any atom is 0.170 e. The first-order chi connectivity index (χ1) is 50.6. The number of alkyl halides is 3. The van der Waals surface area contributed by atoms with Gasteiger partial charge in [0.1, 0.15) is 52.2 Å². The van der Waals surface area contributed by atoms with Gasteiger partial charge in [-0.1, -0.05) is 54.6 Å². The normalized spacial score (nSPS) is 21.0. The van der Waals surface area contributed by atoms with Crippen LogP contribution in [0.1, 0.15) is 161 Å². The van der Waals surface area contributed by atoms with E-state index in [2.05, 4.69) is 90.8 Å². The van der Waals surface area contributed by atoms with Crippen LogP contribution < -0.4 is 43.6 Å². The molecule has 24 heteroatoms. The first kappa shape index (κ1) is 70.7. The van der Waals surface area contributed by atoms with Gasteiger partial charge in [0.25, 0.3) is 0 Å². The quantitative estimate of drug-likeness (QED) is 0.0770. The van der Waals surface area contributed by atoms with E-state index in [4.69, 9.17) is 29.2 Å². The minimum Gasteiger partial charge on any atom is -0.496 e. The number of aromatic nitrogens is 9. The van der Waals surface area contributed by atoms with Gasteiger partial charge in [-0.2, -0.15) is 0 Å². The molecule has 17 rings (SSSR count). The Morgan fingerprint density at radius 2 is 0.750 bits per heavy atom. The number of rotatable bonds is 17. The maximum atomic E-state index is 15.4. The summed E-state index contributed by atoms with van der Waals surface area (Å²) in [6.45, 7) is 8.15. The van der Waals surface area contributed by atoms with Gasteiger partial charge in [-0.15, -0.1) is 0 Å². The van der Waals surface area contributed by atoms with Crippen molar-refractivity contribution < 1.29 is 42.7 Å². The Morgan fingerprint density at radius 1 is 0.433 bits per heavy atom. The Labute approximate surface area is 605 Å². The molecule has 21 nitrogen and oxygen atoms in total. The van der Waals surface area contributed by atoms with Crippen molar-refractivity contribution in [2.24, 2.45) is 0 Å². The largest absolute Gasteiger partial charge is 0.496 e. The Hall–Kier alpha value is -9.00. The molecule has 8 fully saturated rings. The zero-order valence-electron chi connectivity index (χ0n) is 60.2. The third-order valence-corrected chi connectivity index (χ3v) is 23.2. The monoisotopic (exact) mass is 1420 g/mol. The summed E-state index contributed by atoms with van der Waals surface area (Å²) in [7, 11) is 7.06. The predicted molar refractivity (Wildman–Crippen MR) is 399 cm³/mol. The van der Waals surface area contributed by atoms with E-state index in [1.807, 2.05) is 66.5 Å². The van der Waals surface area contributed by atoms with E-state index in [0.717, 1.165) is 191 Å². The van der Waals surface area contributed by atoms with Crippen molar-refractivity contribution in [3.8, 4) is 17.2 Å². The van der Waals surface area contributed by atoms with Crippen LogP contribution in [-0.4, -0.2) is 179 Å². The molecule has 0 amide bonds. The number of hydrogen-bond donors (Lipinski definition) is 3. The summed E-state index contributed by atoms with van der Waals surface area (Å²) in [6.07, 6.45) is 17.3. The molecule has 5 aliphatic heterocycles. The van der Waals surface area contributed by atoms with Crippen molar-refractivity contribution in [3.63, 3.8) is 0 Å². The summed E-state index contributed by atoms with van der Waals surface area (Å²) in [5.41, 5.74) is 1.47. The second kappa shape index (κ2) is 30.2. The van der Waals surface area contributed by atoms with Crippen LogP contribution in [0.15, 0.2) is 110 Å². The average Bonchev–Trinajstić information content (AvgIpc) is 1.04. The molecular formula is C80H96F3N15O6. The fourth-order valence-electron chi connectivity index (χ4n) is 16.4. The molecule has 5 saturated heterocycles. The van der Waals surface area contributed by atoms with Gasteiger partial charge >= 0.3 is 0 Å². The minimum absolute atomic E-state index is 0.0410. The molecule has 2 atom stereocenters. The number of anilines is 6. The number of likely N-dealkylation sites (N-methyl/N-ethyl adjacent to an activating group) is 1. The van der Waals surface area contributed by atoms with Gasteiger partial charge < -0.3 is 58.9 Å². The highest BCUT2D eigenvalue weighted by Gasteiger charge is 2.46. The fraction of sp³-hybridized carbons (Fsp3) is 0.512. The average molecular weight is 1420 g/mol. The maximum absolute atomic E-state index is 15.4. The number of β-amino-alcohol motifs (C(OH)–C–C–N with tert-alkyl or cyclic N) is 2. The number of benzene rings is 3. The van der Waals surface area contributed by atoms with E-state index in [9.17, 15) is 15.3 Å². The van der Waals surface area contributed by atoms with Gasteiger partial charge in [0.2, 0.25) is 0 Å². The van der Waals surface area contributed by atoms with Crippen LogP contribution >= 0.6 is 0 Å². The lowest BCUT2D eigenvalue weighted by atomic mass is 9.81. The molecule has 0 spiro atoms. The Kier molecular flexibility index (Phi) is 20.5. The number of piperidine rings is 3. The van der Waals surface area contributed by atoms with Crippen LogP contribution in [0.5, 0.6) is 17.2 Å². The Balaban J connectivity index is 0.000000126. The Morgan fingerprint density at radius 3 is 1.05 bits per heavy atom. The van der Waals surface area contributed by atoms with Crippen LogP contribution in [0.25, 0.3) is 32.7 Å². The van der Waals surface area contributed by atoms with Gasteiger partial charge in [-0.3, -0.25) is 0 Å². The van der Waals surface area contributed by atoms with Crippen molar-refractivity contribution in [2.45, 2.75) is 156 Å². The van der Waals surface area contributed by atoms with Crippen LogP contribution in [0.4, 0.5) is 48.1 Å². The van der Waals surface area contributed by atoms with E-state index in [0.29, 0.717) is 104 Å². The second-order valence-corrected chi connectivity index (χ2v) is 29.7. The molecule has 6 aromatic heterocycles. The summed E-state index contributed by atoms with van der Waals surface area (Å²) in [5.74, 6) is 9.67. The number of para-hydroxylation sites is 3. The van der Waals surface area contributed by atoms with Crippen LogP contribution in [0, 0.1) is 0 Å². The zero-order chi connectivity index (χ0) is 71.7. The third kappa shape index (κ3) is 14.4. The minimum atomic E-state index is -1.44. The molecule has 3 N–H and O–H groups in total. The van der Waals surface area contributed by atoms with E-state index < -0.39 is 17.0 Å². The van der Waals surface area contributed by atoms with Crippen molar-refractivity contribution in [3.05, 3.63) is 144 Å². The number of hydrogen-bond acceptors (Lipinski definition) is 21. The highest BCUT2D eigenvalue weighted by molar-refractivity contribution is 5.93. The summed E-state index contributed by atoms with van der Waals surface area (Å²) in [5, 5.41) is 32.0. The van der Waals surface area contributed by atoms with Crippen molar-refractivity contribution in [2.75, 3.05) is 136 Å². The van der Waals surface area contributed by atoms with E-state index in [1.54, 1.807) is 39.9 Å². The second-order valence-electron chi connectivity index (χ2n) is 29.7. The van der Waals surface area contributed by atoms with Gasteiger partial charge in [-0.25, -0.2) is 58.0 Å². The number of aliphatic hydroxyl groups is 3. The topological polar surface area (TPSA) is 224 Å². The standard InChI is InChI=1S/2C27H32FN5O2.C26H32FN5O2/c2*1-35-23-6-3-2-5-20(23)18-7-12-32(13-8-18)25-21-15-24(33-14-9-19(34)17-33)29-16-22(21)30-26(31-25)27(28)10-4-11-27;1-31(14-15-33)23-16-20-21(17-28-23)29-25(26(27)10-5-11-26)30-24(20)32-12-8-18(9-13-32)19-6-3-4-7-22(19)34-2/h2*2-3,5-6,15-16,18-19,34H,4,7-14,17H2,1H3;3-4,6-7,16-18,33H,5,8-15H2,1-2H3/t2*19-;/m10./s1. The van der Waals surface area contributed by atoms with Crippen LogP contribution in [0.2, 0.25) is 0 Å². The first-order valence-corrected chi connectivity index (χ1v) is 37.5. The molecule has 104 heavy (non-hydrogen) atoms. The van der Waals surface area contributed by atoms with E-state index >= 15 is 13.2 Å². The molecule has 0 unspecified atom stereocenters. The molecule has 8 aliphatic rings. The van der Waals surface area contributed by atoms with Gasteiger partial charge in [0.15, 0.2) is 34.5 Å². The number of ether oxygens (including phenoxy) is 3. The summed E-state index contributed by atoms with van der Waals surface area (Å²) >= 11 is 0. The smallest absolute Gasteiger partial charge is 0.170 e. The molecule has 0 bridgehead atoms. The number of nitrogens with zero attached hydrogens (tertiary/aromatic N) is 15. The van der Waals surface area contributed by atoms with E-state index in [-0.39, 0.29) is 24.6 Å². The van der Waals surface area contributed by atoms with Gasteiger partial charge in [-0.05, 0) is 180 Å². The fourth-order valence-corrected chi connectivity index (χ4v) is 16.4. The van der Waals surface area contributed by atoms with Gasteiger partial charge in [0, 0.05) is 95.2 Å². The van der Waals surface area contributed by atoms with E-state index in [1.165, 1.54) is 16.7 Å². The summed E-state index contributed by atoms with van der Waals surface area (Å²) < 4.78 is 63.0. The highest BCUT2D eigenvalue weighted by Crippen LogP contribution is 2.49. The van der Waals surface area contributed by atoms with Crippen molar-refractivity contribution in [1.29, 1.82) is 0 Å². The molecule has 0 radical (unpaired) electrons.